The van der Waals surface area contributed by atoms with Gasteiger partial charge in [-0.05, 0) is 50.5 Å². The molecular formula is C16H28N2O. The zero-order valence-corrected chi connectivity index (χ0v) is 12.2. The highest BCUT2D eigenvalue weighted by Gasteiger charge is 2.55. The van der Waals surface area contributed by atoms with Crippen molar-refractivity contribution < 1.29 is 4.79 Å². The molecule has 3 heteroatoms. The molecule has 1 heterocycles. The van der Waals surface area contributed by atoms with Crippen LogP contribution in [0.15, 0.2) is 0 Å². The lowest BCUT2D eigenvalue weighted by Gasteiger charge is -2.32. The van der Waals surface area contributed by atoms with Crippen LogP contribution in [0.1, 0.15) is 51.9 Å². The van der Waals surface area contributed by atoms with E-state index in [9.17, 15) is 4.79 Å². The Morgan fingerprint density at radius 3 is 2.32 bits per heavy atom. The number of nitrogens with one attached hydrogen (secondary N) is 1. The van der Waals surface area contributed by atoms with Gasteiger partial charge in [-0.3, -0.25) is 4.79 Å². The van der Waals surface area contributed by atoms with Gasteiger partial charge in [-0.25, -0.2) is 0 Å². The molecule has 2 unspecified atom stereocenters. The minimum absolute atomic E-state index is 0.419. The number of carbonyl (C=O) groups is 1. The second-order valence-corrected chi connectivity index (χ2v) is 6.69. The molecule has 3 fully saturated rings. The Bertz CT molecular complexity index is 311. The van der Waals surface area contributed by atoms with Crippen LogP contribution in [0.3, 0.4) is 0 Å². The number of carbonyl (C=O) groups excluding carboxylic acids is 1. The Kier molecular flexibility index (Phi) is 4.11. The predicted molar refractivity (Wildman–Crippen MR) is 76.8 cm³/mol. The van der Waals surface area contributed by atoms with Crippen molar-refractivity contribution in [1.29, 1.82) is 0 Å². The number of fused-ring (bicyclic) bond motifs is 1. The fourth-order valence-electron chi connectivity index (χ4n) is 4.22. The summed E-state index contributed by atoms with van der Waals surface area (Å²) in [5.74, 6) is 2.43. The van der Waals surface area contributed by atoms with E-state index in [2.05, 4.69) is 17.1 Å². The van der Waals surface area contributed by atoms with Gasteiger partial charge < -0.3 is 10.2 Å². The van der Waals surface area contributed by atoms with Crippen LogP contribution in [0.2, 0.25) is 0 Å². The van der Waals surface area contributed by atoms with E-state index in [0.29, 0.717) is 17.9 Å². The van der Waals surface area contributed by atoms with Gasteiger partial charge >= 0.3 is 0 Å². The molecule has 0 radical (unpaired) electrons. The highest BCUT2D eigenvalue weighted by Crippen LogP contribution is 2.56. The average molecular weight is 264 g/mol. The molecular weight excluding hydrogens is 236 g/mol. The molecule has 3 aliphatic rings. The summed E-state index contributed by atoms with van der Waals surface area (Å²) in [6.45, 7) is 5.29. The number of rotatable bonds is 4. The van der Waals surface area contributed by atoms with Crippen molar-refractivity contribution in [3.8, 4) is 0 Å². The molecule has 0 aromatic carbocycles. The van der Waals surface area contributed by atoms with Crippen LogP contribution in [0.25, 0.3) is 0 Å². The van der Waals surface area contributed by atoms with E-state index >= 15 is 0 Å². The molecule has 19 heavy (non-hydrogen) atoms. The van der Waals surface area contributed by atoms with E-state index < -0.39 is 0 Å². The van der Waals surface area contributed by atoms with Crippen LogP contribution in [-0.2, 0) is 4.79 Å². The quantitative estimate of drug-likeness (QED) is 0.845. The van der Waals surface area contributed by atoms with Crippen LogP contribution in [0.5, 0.6) is 0 Å². The molecule has 2 saturated carbocycles. The fourth-order valence-corrected chi connectivity index (χ4v) is 4.22. The van der Waals surface area contributed by atoms with Gasteiger partial charge in [-0.2, -0.15) is 0 Å². The Morgan fingerprint density at radius 2 is 1.74 bits per heavy atom. The normalized spacial score (nSPS) is 35.0. The zero-order valence-electron chi connectivity index (χ0n) is 12.2. The van der Waals surface area contributed by atoms with Crippen molar-refractivity contribution in [2.24, 2.45) is 17.8 Å². The van der Waals surface area contributed by atoms with E-state index in [-0.39, 0.29) is 0 Å². The lowest BCUT2D eigenvalue weighted by atomic mass is 10.0. The second-order valence-electron chi connectivity index (χ2n) is 6.69. The summed E-state index contributed by atoms with van der Waals surface area (Å²) in [7, 11) is 0. The lowest BCUT2D eigenvalue weighted by molar-refractivity contribution is -0.134. The average Bonchev–Trinajstić information content (AvgIpc) is 3.19. The summed E-state index contributed by atoms with van der Waals surface area (Å²) >= 11 is 0. The van der Waals surface area contributed by atoms with Crippen molar-refractivity contribution >= 4 is 5.91 Å². The molecule has 108 valence electrons. The van der Waals surface area contributed by atoms with Gasteiger partial charge in [0.1, 0.15) is 0 Å². The molecule has 0 aromatic rings. The molecule has 3 nitrogen and oxygen atoms in total. The SMILES string of the molecule is CCCNC1CCN(C(=O)C2C3CCCCC32)CC1. The molecule has 3 rings (SSSR count). The van der Waals surface area contributed by atoms with Gasteiger partial charge in [0.2, 0.25) is 5.91 Å². The second kappa shape index (κ2) is 5.82. The predicted octanol–water partition coefficient (Wildman–Crippen LogP) is 2.41. The number of piperidine rings is 1. The molecule has 0 aromatic heterocycles. The van der Waals surface area contributed by atoms with Crippen LogP contribution in [-0.4, -0.2) is 36.5 Å². The Balaban J connectivity index is 1.45. The Morgan fingerprint density at radius 1 is 1.11 bits per heavy atom. The maximum atomic E-state index is 12.6. The number of hydrogen-bond donors (Lipinski definition) is 1. The molecule has 2 atom stereocenters. The summed E-state index contributed by atoms with van der Waals surface area (Å²) in [6, 6.07) is 0.644. The first-order valence-corrected chi connectivity index (χ1v) is 8.33. The van der Waals surface area contributed by atoms with Gasteiger partial charge in [0.25, 0.3) is 0 Å². The Labute approximate surface area is 117 Å². The molecule has 1 saturated heterocycles. The zero-order chi connectivity index (χ0) is 13.2. The molecule has 1 N–H and O–H groups in total. The highest BCUT2D eigenvalue weighted by molar-refractivity contribution is 5.82. The standard InChI is InChI=1S/C16H28N2O/c1-2-9-17-12-7-10-18(11-8-12)16(19)15-13-5-3-4-6-14(13)15/h12-15,17H,2-11H2,1H3. The van der Waals surface area contributed by atoms with Crippen LogP contribution >= 0.6 is 0 Å². The van der Waals surface area contributed by atoms with E-state index in [1.54, 1.807) is 0 Å². The number of hydrogen-bond acceptors (Lipinski definition) is 2. The number of nitrogens with zero attached hydrogens (tertiary/aromatic N) is 1. The van der Waals surface area contributed by atoms with Crippen molar-refractivity contribution in [3.63, 3.8) is 0 Å². The maximum absolute atomic E-state index is 12.6. The number of amides is 1. The van der Waals surface area contributed by atoms with E-state index in [0.717, 1.165) is 44.3 Å². The third kappa shape index (κ3) is 2.81. The van der Waals surface area contributed by atoms with Crippen LogP contribution < -0.4 is 5.32 Å². The molecule has 1 aliphatic heterocycles. The molecule has 0 spiro atoms. The summed E-state index contributed by atoms with van der Waals surface area (Å²) in [5, 5.41) is 3.59. The van der Waals surface area contributed by atoms with Gasteiger partial charge in [-0.15, -0.1) is 0 Å². The molecule has 2 aliphatic carbocycles. The van der Waals surface area contributed by atoms with Gasteiger partial charge in [0.05, 0.1) is 0 Å². The minimum Gasteiger partial charge on any atom is -0.342 e. The smallest absolute Gasteiger partial charge is 0.226 e. The monoisotopic (exact) mass is 264 g/mol. The van der Waals surface area contributed by atoms with E-state index in [4.69, 9.17) is 0 Å². The molecule has 1 amide bonds. The maximum Gasteiger partial charge on any atom is 0.226 e. The molecule has 0 bridgehead atoms. The number of likely N-dealkylation sites (tertiary alicyclic amines) is 1. The van der Waals surface area contributed by atoms with Gasteiger partial charge in [-0.1, -0.05) is 19.8 Å². The Hall–Kier alpha value is -0.570. The van der Waals surface area contributed by atoms with Crippen molar-refractivity contribution in [2.45, 2.75) is 57.9 Å². The first-order valence-electron chi connectivity index (χ1n) is 8.33. The largest absolute Gasteiger partial charge is 0.342 e. The van der Waals surface area contributed by atoms with Crippen molar-refractivity contribution in [3.05, 3.63) is 0 Å². The lowest BCUT2D eigenvalue weighted by Crippen LogP contribution is -2.45. The summed E-state index contributed by atoms with van der Waals surface area (Å²) in [4.78, 5) is 14.7. The van der Waals surface area contributed by atoms with E-state index in [1.165, 1.54) is 32.1 Å². The van der Waals surface area contributed by atoms with Gasteiger partial charge in [0, 0.05) is 25.0 Å². The van der Waals surface area contributed by atoms with E-state index in [1.807, 2.05) is 0 Å². The first kappa shape index (κ1) is 13.4. The van der Waals surface area contributed by atoms with Crippen LogP contribution in [0, 0.1) is 17.8 Å². The van der Waals surface area contributed by atoms with Crippen molar-refractivity contribution in [2.75, 3.05) is 19.6 Å². The third-order valence-electron chi connectivity index (χ3n) is 5.43. The minimum atomic E-state index is 0.419. The van der Waals surface area contributed by atoms with Gasteiger partial charge in [0.15, 0.2) is 0 Å². The highest BCUT2D eigenvalue weighted by atomic mass is 16.2. The van der Waals surface area contributed by atoms with Crippen molar-refractivity contribution in [1.82, 2.24) is 10.2 Å². The summed E-state index contributed by atoms with van der Waals surface area (Å²) in [5.41, 5.74) is 0. The van der Waals surface area contributed by atoms with Crippen LogP contribution in [0.4, 0.5) is 0 Å². The topological polar surface area (TPSA) is 32.3 Å². The first-order chi connectivity index (χ1) is 9.31. The third-order valence-corrected chi connectivity index (χ3v) is 5.43. The summed E-state index contributed by atoms with van der Waals surface area (Å²) in [6.07, 6.45) is 8.83. The fraction of sp³-hybridized carbons (Fsp3) is 0.938. The summed E-state index contributed by atoms with van der Waals surface area (Å²) < 4.78 is 0.